The zero-order valence-corrected chi connectivity index (χ0v) is 16.4. The second kappa shape index (κ2) is 8.93. The van der Waals surface area contributed by atoms with E-state index in [1.54, 1.807) is 0 Å². The lowest BCUT2D eigenvalue weighted by molar-refractivity contribution is -0.135. The first-order valence-electron chi connectivity index (χ1n) is 9.73. The molecule has 0 aromatic heterocycles. The predicted molar refractivity (Wildman–Crippen MR) is 105 cm³/mol. The summed E-state index contributed by atoms with van der Waals surface area (Å²) in [6, 6.07) is 7.62. The van der Waals surface area contributed by atoms with Gasteiger partial charge in [-0.1, -0.05) is 0 Å². The van der Waals surface area contributed by atoms with E-state index in [0.29, 0.717) is 24.6 Å². The molecule has 1 atom stereocenters. The van der Waals surface area contributed by atoms with E-state index in [2.05, 4.69) is 5.32 Å². The van der Waals surface area contributed by atoms with Crippen LogP contribution in [0.25, 0.3) is 0 Å². The van der Waals surface area contributed by atoms with Crippen molar-refractivity contribution in [2.75, 3.05) is 39.3 Å². The van der Waals surface area contributed by atoms with Crippen LogP contribution < -0.4 is 10.1 Å². The molecule has 2 heterocycles. The Morgan fingerprint density at radius 1 is 1.15 bits per heavy atom. The number of carbonyl (C=O) groups excluding carboxylic acids is 2. The molecular formula is C20H28ClN3O3. The third-order valence-electron chi connectivity index (χ3n) is 5.53. The van der Waals surface area contributed by atoms with Gasteiger partial charge in [-0.25, -0.2) is 0 Å². The molecule has 1 aromatic carbocycles. The van der Waals surface area contributed by atoms with Crippen LogP contribution in [0.2, 0.25) is 0 Å². The van der Waals surface area contributed by atoms with Gasteiger partial charge in [0.05, 0.1) is 13.2 Å². The Labute approximate surface area is 166 Å². The number of hydrogen-bond donors (Lipinski definition) is 1. The van der Waals surface area contributed by atoms with Crippen LogP contribution in [0.15, 0.2) is 24.3 Å². The summed E-state index contributed by atoms with van der Waals surface area (Å²) in [5.41, 5.74) is 0.691. The predicted octanol–water partition coefficient (Wildman–Crippen LogP) is 1.93. The van der Waals surface area contributed by atoms with Crippen LogP contribution in [0.1, 0.15) is 36.0 Å². The first-order chi connectivity index (χ1) is 12.7. The normalized spacial score (nSPS) is 23.0. The average molecular weight is 394 g/mol. The zero-order valence-electron chi connectivity index (χ0n) is 15.6. The smallest absolute Gasteiger partial charge is 0.253 e. The highest BCUT2D eigenvalue weighted by molar-refractivity contribution is 5.94. The molecule has 7 heteroatoms. The van der Waals surface area contributed by atoms with Gasteiger partial charge in [0.25, 0.3) is 5.91 Å². The summed E-state index contributed by atoms with van der Waals surface area (Å²) in [5.74, 6) is 1.74. The molecule has 3 aliphatic rings. The minimum absolute atomic E-state index is 0. The molecule has 1 N–H and O–H groups in total. The van der Waals surface area contributed by atoms with Gasteiger partial charge in [-0.3, -0.25) is 9.59 Å². The summed E-state index contributed by atoms with van der Waals surface area (Å²) in [4.78, 5) is 28.8. The van der Waals surface area contributed by atoms with Gasteiger partial charge in [-0.15, -0.1) is 12.4 Å². The van der Waals surface area contributed by atoms with Crippen LogP contribution in [0.3, 0.4) is 0 Å². The lowest BCUT2D eigenvalue weighted by Gasteiger charge is -2.41. The van der Waals surface area contributed by atoms with Crippen molar-refractivity contribution >= 4 is 24.2 Å². The molecule has 1 saturated carbocycles. The maximum Gasteiger partial charge on any atom is 0.253 e. The number of carbonyl (C=O) groups is 2. The van der Waals surface area contributed by atoms with E-state index in [0.717, 1.165) is 44.8 Å². The molecule has 148 valence electrons. The molecule has 0 radical (unpaired) electrons. The minimum Gasteiger partial charge on any atom is -0.493 e. The van der Waals surface area contributed by atoms with Gasteiger partial charge in [0.2, 0.25) is 5.91 Å². The van der Waals surface area contributed by atoms with Crippen molar-refractivity contribution < 1.29 is 14.3 Å². The summed E-state index contributed by atoms with van der Waals surface area (Å²) >= 11 is 0. The molecule has 0 spiro atoms. The molecule has 6 nitrogen and oxygen atoms in total. The Kier molecular flexibility index (Phi) is 6.60. The number of piperidine rings is 1. The van der Waals surface area contributed by atoms with Crippen LogP contribution in [-0.2, 0) is 4.79 Å². The van der Waals surface area contributed by atoms with Crippen LogP contribution in [0.5, 0.6) is 5.75 Å². The molecule has 3 fully saturated rings. The van der Waals surface area contributed by atoms with Gasteiger partial charge in [0.1, 0.15) is 5.75 Å². The largest absolute Gasteiger partial charge is 0.493 e. The number of likely N-dealkylation sites (tertiary alicyclic amines) is 1. The quantitative estimate of drug-likeness (QED) is 0.830. The third kappa shape index (κ3) is 4.93. The second-order valence-electron chi connectivity index (χ2n) is 7.59. The average Bonchev–Trinajstić information content (AvgIpc) is 3.51. The van der Waals surface area contributed by atoms with Crippen molar-refractivity contribution in [1.29, 1.82) is 0 Å². The number of amides is 2. The highest BCUT2D eigenvalue weighted by Gasteiger charge is 2.32. The van der Waals surface area contributed by atoms with Crippen LogP contribution in [0, 0.1) is 5.92 Å². The number of rotatable bonds is 5. The van der Waals surface area contributed by atoms with Gasteiger partial charge in [-0.05, 0) is 55.9 Å². The fourth-order valence-electron chi connectivity index (χ4n) is 3.78. The van der Waals surface area contributed by atoms with E-state index in [-0.39, 0.29) is 30.3 Å². The number of hydrogen-bond acceptors (Lipinski definition) is 4. The van der Waals surface area contributed by atoms with Crippen molar-refractivity contribution in [3.05, 3.63) is 29.8 Å². The maximum atomic E-state index is 12.9. The summed E-state index contributed by atoms with van der Waals surface area (Å²) < 4.78 is 5.74. The lowest BCUT2D eigenvalue weighted by atomic mass is 10.0. The summed E-state index contributed by atoms with van der Waals surface area (Å²) in [6.07, 6.45) is 4.45. The molecular weight excluding hydrogens is 366 g/mol. The van der Waals surface area contributed by atoms with E-state index in [4.69, 9.17) is 4.74 Å². The SMILES string of the molecule is Cl.O=C(c1ccc(OCC2CC2)cc1)N1CCCC(N2CCNCC2=O)C1. The van der Waals surface area contributed by atoms with E-state index in [1.165, 1.54) is 12.8 Å². The second-order valence-corrected chi connectivity index (χ2v) is 7.59. The van der Waals surface area contributed by atoms with Crippen molar-refractivity contribution in [3.63, 3.8) is 0 Å². The van der Waals surface area contributed by atoms with E-state index in [9.17, 15) is 9.59 Å². The summed E-state index contributed by atoms with van der Waals surface area (Å²) in [6.45, 7) is 4.14. The Morgan fingerprint density at radius 2 is 1.93 bits per heavy atom. The Bertz CT molecular complexity index is 663. The van der Waals surface area contributed by atoms with Gasteiger partial charge >= 0.3 is 0 Å². The zero-order chi connectivity index (χ0) is 17.9. The van der Waals surface area contributed by atoms with Crippen molar-refractivity contribution in [2.24, 2.45) is 5.92 Å². The van der Waals surface area contributed by atoms with Gasteiger partial charge in [-0.2, -0.15) is 0 Å². The Hall–Kier alpha value is -1.79. The van der Waals surface area contributed by atoms with Gasteiger partial charge < -0.3 is 19.9 Å². The van der Waals surface area contributed by atoms with Crippen molar-refractivity contribution in [3.8, 4) is 5.75 Å². The fraction of sp³-hybridized carbons (Fsp3) is 0.600. The van der Waals surface area contributed by atoms with Gasteiger partial charge in [0.15, 0.2) is 0 Å². The molecule has 2 saturated heterocycles. The summed E-state index contributed by atoms with van der Waals surface area (Å²) in [7, 11) is 0. The van der Waals surface area contributed by atoms with Crippen molar-refractivity contribution in [1.82, 2.24) is 15.1 Å². The number of piperazine rings is 1. The molecule has 1 unspecified atom stereocenters. The molecule has 4 rings (SSSR count). The fourth-order valence-corrected chi connectivity index (χ4v) is 3.78. The highest BCUT2D eigenvalue weighted by atomic mass is 35.5. The number of nitrogens with one attached hydrogen (secondary N) is 1. The van der Waals surface area contributed by atoms with Crippen LogP contribution in [0.4, 0.5) is 0 Å². The van der Waals surface area contributed by atoms with E-state index < -0.39 is 0 Å². The standard InChI is InChI=1S/C20H27N3O3.ClH/c24-19-12-21-9-11-23(19)17-2-1-10-22(13-17)20(25)16-5-7-18(8-6-16)26-14-15-3-4-15;/h5-8,15,17,21H,1-4,9-14H2;1H. The lowest BCUT2D eigenvalue weighted by Crippen LogP contribution is -2.57. The number of halogens is 1. The number of benzene rings is 1. The topological polar surface area (TPSA) is 61.9 Å². The van der Waals surface area contributed by atoms with Crippen LogP contribution >= 0.6 is 12.4 Å². The van der Waals surface area contributed by atoms with Gasteiger partial charge in [0, 0.05) is 37.8 Å². The van der Waals surface area contributed by atoms with Crippen LogP contribution in [-0.4, -0.2) is 67.0 Å². The summed E-state index contributed by atoms with van der Waals surface area (Å²) in [5, 5.41) is 3.11. The maximum absolute atomic E-state index is 12.9. The van der Waals surface area contributed by atoms with Crippen molar-refractivity contribution in [2.45, 2.75) is 31.7 Å². The minimum atomic E-state index is 0. The molecule has 1 aromatic rings. The monoisotopic (exact) mass is 393 g/mol. The Morgan fingerprint density at radius 3 is 2.63 bits per heavy atom. The van der Waals surface area contributed by atoms with E-state index >= 15 is 0 Å². The molecule has 1 aliphatic carbocycles. The first-order valence-corrected chi connectivity index (χ1v) is 9.73. The number of nitrogens with zero attached hydrogens (tertiary/aromatic N) is 2. The molecule has 0 bridgehead atoms. The number of ether oxygens (including phenoxy) is 1. The highest BCUT2D eigenvalue weighted by Crippen LogP contribution is 2.29. The third-order valence-corrected chi connectivity index (χ3v) is 5.53. The van der Waals surface area contributed by atoms with E-state index in [1.807, 2.05) is 34.1 Å². The molecule has 2 aliphatic heterocycles. The molecule has 2 amide bonds. The Balaban J connectivity index is 0.00000210. The molecule has 27 heavy (non-hydrogen) atoms. The first kappa shape index (κ1) is 20.0.